The van der Waals surface area contributed by atoms with Gasteiger partial charge in [-0.05, 0) is 0 Å². The van der Waals surface area contributed by atoms with Gasteiger partial charge in [0.2, 0.25) is 0 Å². The van der Waals surface area contributed by atoms with Crippen molar-refractivity contribution in [3.63, 3.8) is 0 Å². The minimum absolute atomic E-state index is 0. The third kappa shape index (κ3) is 7.52. The maximum absolute atomic E-state index is 8.17. The summed E-state index contributed by atoms with van der Waals surface area (Å²) in [6, 6.07) is 0. The summed E-state index contributed by atoms with van der Waals surface area (Å²) in [4.78, 5) is 0. The molecule has 0 aliphatic heterocycles. The average Bonchev–Trinajstić information content (AvgIpc) is 1.65. The third-order valence-electron chi connectivity index (χ3n) is 0.421. The van der Waals surface area contributed by atoms with E-state index >= 15 is 0 Å². The van der Waals surface area contributed by atoms with E-state index in [0.717, 1.165) is 0 Å². The van der Waals surface area contributed by atoms with Crippen molar-refractivity contribution in [1.29, 1.82) is 0 Å². The Morgan fingerprint density at radius 3 is 1.43 bits per heavy atom. The minimum atomic E-state index is -0.954. The molecule has 0 spiro atoms. The van der Waals surface area contributed by atoms with Crippen LogP contribution in [0.25, 0.3) is 0 Å². The van der Waals surface area contributed by atoms with Gasteiger partial charge in [-0.25, -0.2) is 0 Å². The van der Waals surface area contributed by atoms with Crippen molar-refractivity contribution >= 4 is 51.4 Å². The van der Waals surface area contributed by atoms with Gasteiger partial charge in [0.15, 0.2) is 0 Å². The zero-order valence-electron chi connectivity index (χ0n) is 4.33. The third-order valence-corrected chi connectivity index (χ3v) is 0.421. The molecule has 0 saturated carbocycles. The molecule has 0 heterocycles. The molecular formula is C3H8KO3. The van der Waals surface area contributed by atoms with E-state index in [1.54, 1.807) is 0 Å². The molecule has 7 heavy (non-hydrogen) atoms. The molecule has 0 fully saturated rings. The largest absolute Gasteiger partial charge is 0.394 e. The predicted molar refractivity (Wildman–Crippen MR) is 25.9 cm³/mol. The molecular weight excluding hydrogens is 123 g/mol. The Morgan fingerprint density at radius 2 is 1.43 bits per heavy atom. The Kier molecular flexibility index (Phi) is 12.2. The Labute approximate surface area is 84.8 Å². The van der Waals surface area contributed by atoms with Crippen LogP contribution in [0, 0.1) is 0 Å². The van der Waals surface area contributed by atoms with Gasteiger partial charge in [-0.3, -0.25) is 0 Å². The molecule has 1 radical (unpaired) electrons. The summed E-state index contributed by atoms with van der Waals surface area (Å²) in [5.74, 6) is 0. The van der Waals surface area contributed by atoms with Crippen LogP contribution in [-0.4, -0.2) is 86.0 Å². The van der Waals surface area contributed by atoms with Crippen LogP contribution in [0.15, 0.2) is 0 Å². The van der Waals surface area contributed by atoms with Crippen LogP contribution in [0.5, 0.6) is 0 Å². The molecule has 4 heteroatoms. The molecule has 0 unspecified atom stereocenters. The van der Waals surface area contributed by atoms with E-state index in [1.807, 2.05) is 0 Å². The van der Waals surface area contributed by atoms with Gasteiger partial charge in [0.25, 0.3) is 0 Å². The molecule has 0 aliphatic carbocycles. The Bertz CT molecular complexity index is 29.4. The Hall–Kier alpha value is 1.52. The molecule has 0 aromatic carbocycles. The van der Waals surface area contributed by atoms with E-state index in [4.69, 9.17) is 15.3 Å². The molecule has 0 saturated heterocycles. The van der Waals surface area contributed by atoms with Gasteiger partial charge in [0.05, 0.1) is 13.2 Å². The fraction of sp³-hybridized carbons (Fsp3) is 1.00. The van der Waals surface area contributed by atoms with Gasteiger partial charge in [-0.1, -0.05) is 0 Å². The van der Waals surface area contributed by atoms with Gasteiger partial charge in [0, 0.05) is 51.4 Å². The van der Waals surface area contributed by atoms with Crippen LogP contribution in [0.4, 0.5) is 0 Å². The van der Waals surface area contributed by atoms with Crippen molar-refractivity contribution in [2.45, 2.75) is 6.10 Å². The van der Waals surface area contributed by atoms with Crippen molar-refractivity contribution in [2.75, 3.05) is 13.2 Å². The van der Waals surface area contributed by atoms with Gasteiger partial charge in [0.1, 0.15) is 6.10 Å². The fourth-order valence-corrected chi connectivity index (χ4v) is 0.0577. The van der Waals surface area contributed by atoms with Gasteiger partial charge >= 0.3 is 0 Å². The first-order valence-electron chi connectivity index (χ1n) is 1.71. The van der Waals surface area contributed by atoms with E-state index in [2.05, 4.69) is 0 Å². The van der Waals surface area contributed by atoms with E-state index in [0.29, 0.717) is 0 Å². The van der Waals surface area contributed by atoms with Crippen molar-refractivity contribution in [3.05, 3.63) is 0 Å². The van der Waals surface area contributed by atoms with Gasteiger partial charge in [-0.15, -0.1) is 0 Å². The second-order valence-corrected chi connectivity index (χ2v) is 1.02. The summed E-state index contributed by atoms with van der Waals surface area (Å²) in [6.07, 6.45) is -0.954. The van der Waals surface area contributed by atoms with E-state index in [9.17, 15) is 0 Å². The summed E-state index contributed by atoms with van der Waals surface area (Å²) in [6.45, 7) is -0.729. The van der Waals surface area contributed by atoms with Crippen molar-refractivity contribution < 1.29 is 15.3 Å². The van der Waals surface area contributed by atoms with Gasteiger partial charge in [-0.2, -0.15) is 0 Å². The van der Waals surface area contributed by atoms with Crippen LogP contribution >= 0.6 is 0 Å². The first-order valence-corrected chi connectivity index (χ1v) is 1.71. The van der Waals surface area contributed by atoms with E-state index in [1.165, 1.54) is 0 Å². The van der Waals surface area contributed by atoms with Crippen LogP contribution in [0.3, 0.4) is 0 Å². The summed E-state index contributed by atoms with van der Waals surface area (Å²) in [5, 5.41) is 24.0. The molecule has 0 atom stereocenters. The number of aliphatic hydroxyl groups is 3. The minimum Gasteiger partial charge on any atom is -0.394 e. The second-order valence-electron chi connectivity index (χ2n) is 1.02. The van der Waals surface area contributed by atoms with Gasteiger partial charge < -0.3 is 15.3 Å². The SMILES string of the molecule is OCC(O)CO.[K]. The Balaban J connectivity index is 0. The molecule has 0 aromatic rings. The van der Waals surface area contributed by atoms with Crippen LogP contribution in [0.2, 0.25) is 0 Å². The van der Waals surface area contributed by atoms with Crippen molar-refractivity contribution in [3.8, 4) is 0 Å². The summed E-state index contributed by atoms with van der Waals surface area (Å²) in [5.41, 5.74) is 0. The molecule has 0 bridgehead atoms. The Morgan fingerprint density at radius 1 is 1.14 bits per heavy atom. The molecule has 0 rings (SSSR count). The summed E-state index contributed by atoms with van der Waals surface area (Å²) in [7, 11) is 0. The topological polar surface area (TPSA) is 60.7 Å². The molecule has 0 aromatic heterocycles. The normalized spacial score (nSPS) is 8.57. The number of hydrogen-bond donors (Lipinski definition) is 3. The second kappa shape index (κ2) is 7.52. The van der Waals surface area contributed by atoms with Crippen molar-refractivity contribution in [1.82, 2.24) is 0 Å². The van der Waals surface area contributed by atoms with E-state index in [-0.39, 0.29) is 64.6 Å². The molecule has 3 nitrogen and oxygen atoms in total. The first-order chi connectivity index (χ1) is 2.81. The molecule has 0 amide bonds. The zero-order chi connectivity index (χ0) is 4.99. The smallest absolute Gasteiger partial charge is 0.100 e. The molecule has 3 N–H and O–H groups in total. The maximum Gasteiger partial charge on any atom is 0.100 e. The molecule has 0 aliphatic rings. The summed E-state index contributed by atoms with van der Waals surface area (Å²) >= 11 is 0. The average molecular weight is 131 g/mol. The quantitative estimate of drug-likeness (QED) is 0.378. The van der Waals surface area contributed by atoms with Crippen LogP contribution in [0.1, 0.15) is 0 Å². The van der Waals surface area contributed by atoms with Crippen LogP contribution < -0.4 is 0 Å². The number of aliphatic hydroxyl groups excluding tert-OH is 3. The fourth-order valence-electron chi connectivity index (χ4n) is 0.0577. The standard InChI is InChI=1S/C3H8O3.K/c4-1-3(6)2-5;/h3-6H,1-2H2;. The monoisotopic (exact) mass is 131 g/mol. The molecule has 39 valence electrons. The maximum atomic E-state index is 8.17. The number of rotatable bonds is 2. The van der Waals surface area contributed by atoms with Crippen LogP contribution in [-0.2, 0) is 0 Å². The number of hydrogen-bond acceptors (Lipinski definition) is 3. The predicted octanol–water partition coefficient (Wildman–Crippen LogP) is -2.05. The van der Waals surface area contributed by atoms with Crippen molar-refractivity contribution in [2.24, 2.45) is 0 Å². The first kappa shape index (κ1) is 11.3. The van der Waals surface area contributed by atoms with E-state index < -0.39 is 6.10 Å². The zero-order valence-corrected chi connectivity index (χ0v) is 7.46. The summed E-state index contributed by atoms with van der Waals surface area (Å²) < 4.78 is 0.